The fourth-order valence-corrected chi connectivity index (χ4v) is 2.47. The molecule has 0 saturated heterocycles. The zero-order chi connectivity index (χ0) is 12.3. The van der Waals surface area contributed by atoms with Gasteiger partial charge in [0.25, 0.3) is 5.91 Å². The van der Waals surface area contributed by atoms with E-state index in [1.54, 1.807) is 0 Å². The first-order chi connectivity index (χ1) is 8.24. The van der Waals surface area contributed by atoms with Crippen LogP contribution in [0, 0.1) is 0 Å². The minimum atomic E-state index is 0.0772. The average molecular weight is 231 g/mol. The summed E-state index contributed by atoms with van der Waals surface area (Å²) in [7, 11) is 0. The van der Waals surface area contributed by atoms with Gasteiger partial charge in [0.1, 0.15) is 0 Å². The summed E-state index contributed by atoms with van der Waals surface area (Å²) in [4.78, 5) is 12.1. The Hall–Kier alpha value is -1.31. The van der Waals surface area contributed by atoms with Crippen molar-refractivity contribution in [2.45, 2.75) is 52.0 Å². The summed E-state index contributed by atoms with van der Waals surface area (Å²) >= 11 is 0. The minimum absolute atomic E-state index is 0.0772. The molecule has 0 atom stereocenters. The second-order valence-corrected chi connectivity index (χ2v) is 4.82. The van der Waals surface area contributed by atoms with Gasteiger partial charge in [0.15, 0.2) is 0 Å². The molecule has 0 saturated carbocycles. The molecule has 0 aliphatic heterocycles. The molecular weight excluding hydrogens is 210 g/mol. The molecule has 1 aliphatic carbocycles. The molecule has 0 heterocycles. The number of hydrogen-bond acceptors (Lipinski definition) is 1. The van der Waals surface area contributed by atoms with Gasteiger partial charge in [-0.25, -0.2) is 0 Å². The van der Waals surface area contributed by atoms with E-state index in [1.165, 1.54) is 24.0 Å². The third-order valence-electron chi connectivity index (χ3n) is 3.68. The lowest BCUT2D eigenvalue weighted by Crippen LogP contribution is -2.33. The summed E-state index contributed by atoms with van der Waals surface area (Å²) in [5, 5.41) is 3.08. The van der Waals surface area contributed by atoms with Crippen LogP contribution in [0.1, 0.15) is 54.6 Å². The Morgan fingerprint density at radius 2 is 1.94 bits per heavy atom. The van der Waals surface area contributed by atoms with Crippen LogP contribution in [-0.2, 0) is 12.8 Å². The van der Waals surface area contributed by atoms with E-state index >= 15 is 0 Å². The Balaban J connectivity index is 2.09. The van der Waals surface area contributed by atoms with Gasteiger partial charge < -0.3 is 5.32 Å². The number of rotatable bonds is 4. The first-order valence-electron chi connectivity index (χ1n) is 6.67. The van der Waals surface area contributed by atoms with Gasteiger partial charge in [-0.1, -0.05) is 19.9 Å². The van der Waals surface area contributed by atoms with Crippen LogP contribution in [0.3, 0.4) is 0 Å². The summed E-state index contributed by atoms with van der Waals surface area (Å²) < 4.78 is 0. The zero-order valence-electron chi connectivity index (χ0n) is 10.8. The van der Waals surface area contributed by atoms with E-state index in [2.05, 4.69) is 31.3 Å². The number of aryl methyl sites for hydroxylation is 2. The van der Waals surface area contributed by atoms with Gasteiger partial charge in [0, 0.05) is 11.6 Å². The Labute approximate surface area is 103 Å². The van der Waals surface area contributed by atoms with Gasteiger partial charge in [-0.15, -0.1) is 0 Å². The van der Waals surface area contributed by atoms with Crippen molar-refractivity contribution in [3.05, 3.63) is 34.9 Å². The maximum Gasteiger partial charge on any atom is 0.251 e. The van der Waals surface area contributed by atoms with E-state index in [4.69, 9.17) is 0 Å². The zero-order valence-corrected chi connectivity index (χ0v) is 10.8. The molecule has 2 rings (SSSR count). The second kappa shape index (κ2) is 5.35. The monoisotopic (exact) mass is 231 g/mol. The first-order valence-corrected chi connectivity index (χ1v) is 6.67. The Bertz CT molecular complexity index is 407. The van der Waals surface area contributed by atoms with Gasteiger partial charge in [-0.3, -0.25) is 4.79 Å². The highest BCUT2D eigenvalue weighted by Gasteiger charge is 2.15. The fourth-order valence-electron chi connectivity index (χ4n) is 2.47. The highest BCUT2D eigenvalue weighted by molar-refractivity contribution is 5.94. The van der Waals surface area contributed by atoms with Crippen LogP contribution in [0.5, 0.6) is 0 Å². The highest BCUT2D eigenvalue weighted by Crippen LogP contribution is 2.22. The number of benzene rings is 1. The topological polar surface area (TPSA) is 29.1 Å². The molecule has 0 fully saturated rings. The van der Waals surface area contributed by atoms with E-state index in [0.29, 0.717) is 6.04 Å². The maximum absolute atomic E-state index is 12.1. The van der Waals surface area contributed by atoms with Crippen LogP contribution in [0.15, 0.2) is 18.2 Å². The van der Waals surface area contributed by atoms with Crippen molar-refractivity contribution in [3.63, 3.8) is 0 Å². The highest BCUT2D eigenvalue weighted by atomic mass is 16.1. The summed E-state index contributed by atoms with van der Waals surface area (Å²) in [5.74, 6) is 0.0772. The predicted molar refractivity (Wildman–Crippen MR) is 70.3 cm³/mol. The smallest absolute Gasteiger partial charge is 0.251 e. The molecule has 1 aromatic rings. The molecule has 2 nitrogen and oxygen atoms in total. The van der Waals surface area contributed by atoms with E-state index in [-0.39, 0.29) is 5.91 Å². The summed E-state index contributed by atoms with van der Waals surface area (Å²) in [6.07, 6.45) is 5.51. The van der Waals surface area contributed by atoms with E-state index < -0.39 is 0 Å². The Kier molecular flexibility index (Phi) is 3.82. The molecule has 0 radical (unpaired) electrons. The lowest BCUT2D eigenvalue weighted by Gasteiger charge is -2.15. The quantitative estimate of drug-likeness (QED) is 0.847. The van der Waals surface area contributed by atoms with Crippen molar-refractivity contribution in [1.29, 1.82) is 0 Å². The lowest BCUT2D eigenvalue weighted by molar-refractivity contribution is 0.0935. The maximum atomic E-state index is 12.1. The van der Waals surface area contributed by atoms with Crippen molar-refractivity contribution in [2.75, 3.05) is 0 Å². The van der Waals surface area contributed by atoms with Crippen LogP contribution in [0.25, 0.3) is 0 Å². The molecule has 2 heteroatoms. The number of carbonyl (C=O) groups excluding carboxylic acids is 1. The summed E-state index contributed by atoms with van der Waals surface area (Å²) in [5.41, 5.74) is 3.60. The van der Waals surface area contributed by atoms with Crippen molar-refractivity contribution in [2.24, 2.45) is 0 Å². The molecule has 1 amide bonds. The lowest BCUT2D eigenvalue weighted by atomic mass is 10.1. The van der Waals surface area contributed by atoms with Crippen molar-refractivity contribution in [1.82, 2.24) is 5.32 Å². The van der Waals surface area contributed by atoms with Crippen molar-refractivity contribution in [3.8, 4) is 0 Å². The largest absolute Gasteiger partial charge is 0.349 e. The third kappa shape index (κ3) is 2.68. The predicted octanol–water partition coefficient (Wildman–Crippen LogP) is 3.09. The number of nitrogens with one attached hydrogen (secondary N) is 1. The van der Waals surface area contributed by atoms with Crippen LogP contribution in [0.4, 0.5) is 0 Å². The van der Waals surface area contributed by atoms with E-state index in [1.807, 2.05) is 6.07 Å². The van der Waals surface area contributed by atoms with Gasteiger partial charge >= 0.3 is 0 Å². The molecule has 0 unspecified atom stereocenters. The molecule has 1 N–H and O–H groups in total. The van der Waals surface area contributed by atoms with Gasteiger partial charge in [-0.2, -0.15) is 0 Å². The summed E-state index contributed by atoms with van der Waals surface area (Å²) in [6.45, 7) is 4.22. The molecule has 1 aromatic carbocycles. The standard InChI is InChI=1S/C15H21NO/c1-3-14(4-2)16-15(17)13-9-8-11-6-5-7-12(11)10-13/h8-10,14H,3-7H2,1-2H3,(H,16,17). The number of carbonyl (C=O) groups is 1. The van der Waals surface area contributed by atoms with Gasteiger partial charge in [-0.05, 0) is 55.4 Å². The average Bonchev–Trinajstić information content (AvgIpc) is 2.82. The van der Waals surface area contributed by atoms with Crippen LogP contribution in [-0.4, -0.2) is 11.9 Å². The van der Waals surface area contributed by atoms with E-state index in [9.17, 15) is 4.79 Å². The van der Waals surface area contributed by atoms with Crippen molar-refractivity contribution >= 4 is 5.91 Å². The summed E-state index contributed by atoms with van der Waals surface area (Å²) in [6, 6.07) is 6.45. The van der Waals surface area contributed by atoms with Gasteiger partial charge in [0.2, 0.25) is 0 Å². The molecular formula is C15H21NO. The third-order valence-corrected chi connectivity index (χ3v) is 3.68. The number of amides is 1. The van der Waals surface area contributed by atoms with Crippen LogP contribution in [0.2, 0.25) is 0 Å². The first kappa shape index (κ1) is 12.2. The molecule has 0 spiro atoms. The molecule has 1 aliphatic rings. The van der Waals surface area contributed by atoms with Crippen LogP contribution < -0.4 is 5.32 Å². The Morgan fingerprint density at radius 3 is 2.65 bits per heavy atom. The molecule has 17 heavy (non-hydrogen) atoms. The number of hydrogen-bond donors (Lipinski definition) is 1. The van der Waals surface area contributed by atoms with Crippen molar-refractivity contribution < 1.29 is 4.79 Å². The molecule has 92 valence electrons. The fraction of sp³-hybridized carbons (Fsp3) is 0.533. The molecule has 0 aromatic heterocycles. The van der Waals surface area contributed by atoms with E-state index in [0.717, 1.165) is 24.8 Å². The van der Waals surface area contributed by atoms with Gasteiger partial charge in [0.05, 0.1) is 0 Å². The van der Waals surface area contributed by atoms with Crippen LogP contribution >= 0.6 is 0 Å². The Morgan fingerprint density at radius 1 is 1.24 bits per heavy atom. The minimum Gasteiger partial charge on any atom is -0.349 e. The number of fused-ring (bicyclic) bond motifs is 1. The normalized spacial score (nSPS) is 13.8. The second-order valence-electron chi connectivity index (χ2n) is 4.82. The SMILES string of the molecule is CCC(CC)NC(=O)c1ccc2c(c1)CCC2. The molecule has 0 bridgehead atoms.